The lowest BCUT2D eigenvalue weighted by Crippen LogP contribution is -2.36. The van der Waals surface area contributed by atoms with Crippen molar-refractivity contribution in [3.63, 3.8) is 0 Å². The van der Waals surface area contributed by atoms with E-state index in [1.165, 1.54) is 0 Å². The number of carbonyl (C=O) groups is 1. The highest BCUT2D eigenvalue weighted by Crippen LogP contribution is 2.19. The number of aryl methyl sites for hydroxylation is 1. The van der Waals surface area contributed by atoms with Gasteiger partial charge in [0.1, 0.15) is 5.76 Å². The number of hydrogen-bond donors (Lipinski definition) is 1. The number of aromatic nitrogens is 4. The SMILES string of the molecule is Cc1nn(-c2ccc(N3CCOCC3)nn2)c(C)c1CCC(=O)NCCc1ccco1. The molecule has 1 N–H and O–H groups in total. The predicted octanol–water partition coefficient (Wildman–Crippen LogP) is 2.00. The van der Waals surface area contributed by atoms with Gasteiger partial charge >= 0.3 is 0 Å². The second-order valence-corrected chi connectivity index (χ2v) is 7.59. The second-order valence-electron chi connectivity index (χ2n) is 7.59. The molecule has 4 rings (SSSR count). The molecule has 9 nitrogen and oxygen atoms in total. The number of furan rings is 1. The van der Waals surface area contributed by atoms with Crippen molar-refractivity contribution in [2.75, 3.05) is 37.7 Å². The van der Waals surface area contributed by atoms with Crippen LogP contribution in [0.1, 0.15) is 29.1 Å². The third-order valence-electron chi connectivity index (χ3n) is 5.51. The summed E-state index contributed by atoms with van der Waals surface area (Å²) in [5.74, 6) is 2.41. The Bertz CT molecular complexity index is 991. The lowest BCUT2D eigenvalue weighted by molar-refractivity contribution is -0.121. The van der Waals surface area contributed by atoms with Gasteiger partial charge in [0.25, 0.3) is 0 Å². The van der Waals surface area contributed by atoms with E-state index in [9.17, 15) is 4.79 Å². The van der Waals surface area contributed by atoms with Crippen LogP contribution in [-0.2, 0) is 22.4 Å². The van der Waals surface area contributed by atoms with E-state index in [0.29, 0.717) is 44.8 Å². The Hall–Kier alpha value is -3.20. The molecule has 164 valence electrons. The number of nitrogens with one attached hydrogen (secondary N) is 1. The van der Waals surface area contributed by atoms with Crippen LogP contribution >= 0.6 is 0 Å². The lowest BCUT2D eigenvalue weighted by atomic mass is 10.1. The zero-order valence-corrected chi connectivity index (χ0v) is 18.0. The monoisotopic (exact) mass is 424 g/mol. The molecule has 3 aromatic heterocycles. The molecule has 1 aliphatic rings. The summed E-state index contributed by atoms with van der Waals surface area (Å²) in [4.78, 5) is 14.4. The summed E-state index contributed by atoms with van der Waals surface area (Å²) in [5.41, 5.74) is 2.95. The topological polar surface area (TPSA) is 98.3 Å². The molecular formula is C22H28N6O3. The van der Waals surface area contributed by atoms with Crippen molar-refractivity contribution in [2.24, 2.45) is 0 Å². The van der Waals surface area contributed by atoms with Crippen LogP contribution in [0.5, 0.6) is 0 Å². The first-order valence-corrected chi connectivity index (χ1v) is 10.6. The molecular weight excluding hydrogens is 396 g/mol. The fourth-order valence-corrected chi connectivity index (χ4v) is 3.76. The van der Waals surface area contributed by atoms with Gasteiger partial charge in [-0.3, -0.25) is 4.79 Å². The average Bonchev–Trinajstić information content (AvgIpc) is 3.41. The van der Waals surface area contributed by atoms with Gasteiger partial charge in [0.2, 0.25) is 5.91 Å². The molecule has 0 aliphatic carbocycles. The summed E-state index contributed by atoms with van der Waals surface area (Å²) < 4.78 is 12.5. The molecule has 0 atom stereocenters. The number of morpholine rings is 1. The first-order valence-electron chi connectivity index (χ1n) is 10.6. The Morgan fingerprint density at radius 1 is 1.10 bits per heavy atom. The fourth-order valence-electron chi connectivity index (χ4n) is 3.76. The van der Waals surface area contributed by atoms with E-state index >= 15 is 0 Å². The molecule has 1 fully saturated rings. The fraction of sp³-hybridized carbons (Fsp3) is 0.455. The first kappa shape index (κ1) is 21.0. The summed E-state index contributed by atoms with van der Waals surface area (Å²) in [5, 5.41) is 16.3. The summed E-state index contributed by atoms with van der Waals surface area (Å²) in [7, 11) is 0. The standard InChI is InChI=1S/C22H28N6O3/c1-16-19(5-8-22(29)23-10-9-18-4-3-13-31-18)17(2)28(26-16)21-7-6-20(24-25-21)27-11-14-30-15-12-27/h3-4,6-7,13H,5,8-12,14-15H2,1-2H3,(H,23,29). The van der Waals surface area contributed by atoms with E-state index in [4.69, 9.17) is 9.15 Å². The number of carbonyl (C=O) groups excluding carboxylic acids is 1. The van der Waals surface area contributed by atoms with E-state index in [2.05, 4.69) is 25.5 Å². The molecule has 0 aromatic carbocycles. The van der Waals surface area contributed by atoms with Crippen LogP contribution in [0.15, 0.2) is 34.9 Å². The van der Waals surface area contributed by atoms with Crippen molar-refractivity contribution in [3.05, 3.63) is 53.2 Å². The van der Waals surface area contributed by atoms with Gasteiger partial charge in [-0.15, -0.1) is 10.2 Å². The highest BCUT2D eigenvalue weighted by atomic mass is 16.5. The minimum absolute atomic E-state index is 0.0211. The maximum atomic E-state index is 12.2. The van der Waals surface area contributed by atoms with Gasteiger partial charge in [-0.05, 0) is 50.1 Å². The van der Waals surface area contributed by atoms with Gasteiger partial charge < -0.3 is 19.4 Å². The van der Waals surface area contributed by atoms with Crippen molar-refractivity contribution >= 4 is 11.7 Å². The smallest absolute Gasteiger partial charge is 0.220 e. The third kappa shape index (κ3) is 5.11. The summed E-state index contributed by atoms with van der Waals surface area (Å²) in [6, 6.07) is 7.66. The Balaban J connectivity index is 1.35. The highest BCUT2D eigenvalue weighted by molar-refractivity contribution is 5.76. The van der Waals surface area contributed by atoms with Crippen LogP contribution in [0.3, 0.4) is 0 Å². The quantitative estimate of drug-likeness (QED) is 0.590. The van der Waals surface area contributed by atoms with Crippen molar-refractivity contribution in [3.8, 4) is 5.82 Å². The van der Waals surface area contributed by atoms with Gasteiger partial charge in [0.05, 0.1) is 25.2 Å². The minimum atomic E-state index is 0.0211. The van der Waals surface area contributed by atoms with Crippen molar-refractivity contribution in [2.45, 2.75) is 33.1 Å². The zero-order chi connectivity index (χ0) is 21.6. The van der Waals surface area contributed by atoms with Crippen molar-refractivity contribution in [1.29, 1.82) is 0 Å². The zero-order valence-electron chi connectivity index (χ0n) is 18.0. The Morgan fingerprint density at radius 2 is 1.87 bits per heavy atom. The van der Waals surface area contributed by atoms with Gasteiger partial charge in [0, 0.05) is 38.2 Å². The van der Waals surface area contributed by atoms with E-state index in [0.717, 1.165) is 41.6 Å². The molecule has 0 radical (unpaired) electrons. The Kier molecular flexibility index (Phi) is 6.61. The minimum Gasteiger partial charge on any atom is -0.469 e. The van der Waals surface area contributed by atoms with E-state index in [-0.39, 0.29) is 5.91 Å². The van der Waals surface area contributed by atoms with Gasteiger partial charge in [0.15, 0.2) is 11.6 Å². The maximum Gasteiger partial charge on any atom is 0.220 e. The van der Waals surface area contributed by atoms with Crippen LogP contribution in [0.2, 0.25) is 0 Å². The van der Waals surface area contributed by atoms with Crippen LogP contribution < -0.4 is 10.2 Å². The number of ether oxygens (including phenoxy) is 1. The molecule has 1 aliphatic heterocycles. The molecule has 31 heavy (non-hydrogen) atoms. The van der Waals surface area contributed by atoms with Crippen LogP contribution in [0, 0.1) is 13.8 Å². The lowest BCUT2D eigenvalue weighted by Gasteiger charge is -2.27. The molecule has 0 unspecified atom stereocenters. The molecule has 3 aromatic rings. The molecule has 1 saturated heterocycles. The van der Waals surface area contributed by atoms with Gasteiger partial charge in [-0.2, -0.15) is 5.10 Å². The number of nitrogens with zero attached hydrogens (tertiary/aromatic N) is 5. The summed E-state index contributed by atoms with van der Waals surface area (Å²) >= 11 is 0. The highest BCUT2D eigenvalue weighted by Gasteiger charge is 2.17. The number of amides is 1. The molecule has 9 heteroatoms. The molecule has 0 bridgehead atoms. The van der Waals surface area contributed by atoms with E-state index in [1.807, 2.05) is 38.1 Å². The summed E-state index contributed by atoms with van der Waals surface area (Å²) in [6.45, 7) is 7.59. The Labute approximate surface area is 181 Å². The molecule has 1 amide bonds. The van der Waals surface area contributed by atoms with E-state index in [1.54, 1.807) is 10.9 Å². The molecule has 4 heterocycles. The first-order chi connectivity index (χ1) is 15.1. The van der Waals surface area contributed by atoms with Crippen LogP contribution in [-0.4, -0.2) is 58.7 Å². The number of rotatable bonds is 8. The van der Waals surface area contributed by atoms with Crippen molar-refractivity contribution in [1.82, 2.24) is 25.3 Å². The van der Waals surface area contributed by atoms with E-state index < -0.39 is 0 Å². The third-order valence-corrected chi connectivity index (χ3v) is 5.51. The molecule has 0 saturated carbocycles. The van der Waals surface area contributed by atoms with Gasteiger partial charge in [-0.1, -0.05) is 0 Å². The maximum absolute atomic E-state index is 12.2. The number of hydrogen-bond acceptors (Lipinski definition) is 7. The van der Waals surface area contributed by atoms with Crippen molar-refractivity contribution < 1.29 is 13.9 Å². The number of anilines is 1. The predicted molar refractivity (Wildman–Crippen MR) is 115 cm³/mol. The van der Waals surface area contributed by atoms with Gasteiger partial charge in [-0.25, -0.2) is 4.68 Å². The second kappa shape index (κ2) is 9.74. The van der Waals surface area contributed by atoms with Crippen LogP contribution in [0.25, 0.3) is 5.82 Å². The Morgan fingerprint density at radius 3 is 2.58 bits per heavy atom. The van der Waals surface area contributed by atoms with Crippen LogP contribution in [0.4, 0.5) is 5.82 Å². The normalized spacial score (nSPS) is 14.1. The average molecular weight is 425 g/mol. The summed E-state index contributed by atoms with van der Waals surface area (Å²) in [6.07, 6.45) is 3.37. The largest absolute Gasteiger partial charge is 0.469 e. The molecule has 0 spiro atoms.